The van der Waals surface area contributed by atoms with Crippen LogP contribution < -0.4 is 5.73 Å². The number of nitrogens with two attached hydrogens (primary N) is 1. The summed E-state index contributed by atoms with van der Waals surface area (Å²) in [6.45, 7) is 5.66. The molecule has 0 unspecified atom stereocenters. The van der Waals surface area contributed by atoms with E-state index in [0.29, 0.717) is 24.5 Å². The maximum absolute atomic E-state index is 12.4. The fourth-order valence-electron chi connectivity index (χ4n) is 2.36. The zero-order valence-electron chi connectivity index (χ0n) is 11.0. The summed E-state index contributed by atoms with van der Waals surface area (Å²) in [4.78, 5) is 0.374. The Labute approximate surface area is 109 Å². The van der Waals surface area contributed by atoms with Gasteiger partial charge in [-0.2, -0.15) is 4.31 Å². The van der Waals surface area contributed by atoms with Gasteiger partial charge in [-0.3, -0.25) is 0 Å². The third-order valence-electron chi connectivity index (χ3n) is 3.38. The van der Waals surface area contributed by atoms with Crippen LogP contribution in [-0.2, 0) is 16.6 Å². The van der Waals surface area contributed by atoms with Crippen LogP contribution in [0.5, 0.6) is 0 Å². The highest BCUT2D eigenvalue weighted by molar-refractivity contribution is 7.89. The molecular weight excluding hydrogens is 250 g/mol. The van der Waals surface area contributed by atoms with E-state index in [9.17, 15) is 8.42 Å². The fourth-order valence-corrected chi connectivity index (χ4v) is 3.93. The lowest BCUT2D eigenvalue weighted by atomic mass is 10.3. The second-order valence-corrected chi connectivity index (χ2v) is 6.92. The molecule has 1 aromatic heterocycles. The molecule has 0 aliphatic carbocycles. The highest BCUT2D eigenvalue weighted by Gasteiger charge is 2.28. The van der Waals surface area contributed by atoms with Crippen LogP contribution in [-0.4, -0.2) is 30.4 Å². The van der Waals surface area contributed by atoms with Crippen LogP contribution in [0.2, 0.25) is 0 Å². The molecule has 5 nitrogen and oxygen atoms in total. The quantitative estimate of drug-likeness (QED) is 0.897. The largest absolute Gasteiger partial charge is 0.346 e. The molecule has 2 N–H and O–H groups in total. The molecule has 0 radical (unpaired) electrons. The average Bonchev–Trinajstić information content (AvgIpc) is 2.98. The smallest absolute Gasteiger partial charge is 0.244 e. The van der Waals surface area contributed by atoms with Gasteiger partial charge in [0.05, 0.1) is 0 Å². The van der Waals surface area contributed by atoms with Gasteiger partial charge in [0.2, 0.25) is 10.0 Å². The molecule has 0 bridgehead atoms. The summed E-state index contributed by atoms with van der Waals surface area (Å²) in [5, 5.41) is 0. The number of nitrogens with zero attached hydrogens (tertiary/aromatic N) is 2. The molecule has 2 heterocycles. The minimum atomic E-state index is -3.33. The van der Waals surface area contributed by atoms with E-state index in [1.165, 1.54) is 0 Å². The van der Waals surface area contributed by atoms with Crippen LogP contribution in [0, 0.1) is 0 Å². The van der Waals surface area contributed by atoms with Gasteiger partial charge in [-0.25, -0.2) is 8.42 Å². The van der Waals surface area contributed by atoms with Crippen molar-refractivity contribution >= 4 is 10.0 Å². The normalized spacial score (nSPS) is 17.8. The van der Waals surface area contributed by atoms with Crippen LogP contribution in [0.15, 0.2) is 17.2 Å². The highest BCUT2D eigenvalue weighted by Crippen LogP contribution is 2.24. The van der Waals surface area contributed by atoms with E-state index in [1.807, 2.05) is 18.4 Å². The van der Waals surface area contributed by atoms with E-state index in [0.717, 1.165) is 18.5 Å². The average molecular weight is 271 g/mol. The number of hydrogen-bond acceptors (Lipinski definition) is 3. The summed E-state index contributed by atoms with van der Waals surface area (Å²) in [7, 11) is -3.33. The molecule has 1 aromatic rings. The zero-order valence-corrected chi connectivity index (χ0v) is 11.8. The molecule has 0 aromatic carbocycles. The maximum atomic E-state index is 12.4. The highest BCUT2D eigenvalue weighted by atomic mass is 32.2. The SMILES string of the molecule is CC(C)n1cc(S(=O)(=O)N2CCCC2)cc1CN. The molecule has 6 heteroatoms. The first-order chi connectivity index (χ1) is 8.46. The molecule has 1 aliphatic rings. The Kier molecular flexibility index (Phi) is 3.79. The predicted molar refractivity (Wildman–Crippen MR) is 70.7 cm³/mol. The lowest BCUT2D eigenvalue weighted by Crippen LogP contribution is -2.27. The number of rotatable bonds is 4. The van der Waals surface area contributed by atoms with E-state index in [2.05, 4.69) is 0 Å². The minimum absolute atomic E-state index is 0.214. The van der Waals surface area contributed by atoms with E-state index in [-0.39, 0.29) is 6.04 Å². The van der Waals surface area contributed by atoms with Crippen LogP contribution in [0.25, 0.3) is 0 Å². The molecule has 2 rings (SSSR count). The standard InChI is InChI=1S/C12H21N3O2S/c1-10(2)15-9-12(7-11(15)8-13)18(16,17)14-5-3-4-6-14/h7,9-10H,3-6,8,13H2,1-2H3. The van der Waals surface area contributed by atoms with E-state index < -0.39 is 10.0 Å². The van der Waals surface area contributed by atoms with Crippen molar-refractivity contribution in [3.63, 3.8) is 0 Å². The van der Waals surface area contributed by atoms with Gasteiger partial charge in [-0.05, 0) is 32.8 Å². The minimum Gasteiger partial charge on any atom is -0.346 e. The number of sulfonamides is 1. The van der Waals surface area contributed by atoms with Gasteiger partial charge < -0.3 is 10.3 Å². The van der Waals surface area contributed by atoms with Crippen LogP contribution >= 0.6 is 0 Å². The molecule has 1 saturated heterocycles. The van der Waals surface area contributed by atoms with Crippen molar-refractivity contribution in [2.45, 2.75) is 44.2 Å². The Hall–Kier alpha value is -0.850. The third kappa shape index (κ3) is 2.32. The summed E-state index contributed by atoms with van der Waals surface area (Å²) < 4.78 is 28.3. The van der Waals surface area contributed by atoms with Crippen LogP contribution in [0.1, 0.15) is 38.4 Å². The molecule has 1 fully saturated rings. The van der Waals surface area contributed by atoms with E-state index >= 15 is 0 Å². The predicted octanol–water partition coefficient (Wildman–Crippen LogP) is 1.31. The van der Waals surface area contributed by atoms with E-state index in [1.54, 1.807) is 16.6 Å². The van der Waals surface area contributed by atoms with Gasteiger partial charge in [0, 0.05) is 37.6 Å². The molecule has 1 aliphatic heterocycles. The summed E-state index contributed by atoms with van der Waals surface area (Å²) in [6.07, 6.45) is 3.61. The number of aromatic nitrogens is 1. The maximum Gasteiger partial charge on any atom is 0.244 e. The van der Waals surface area contributed by atoms with Gasteiger partial charge in [0.1, 0.15) is 4.90 Å². The van der Waals surface area contributed by atoms with Gasteiger partial charge in [0.25, 0.3) is 0 Å². The summed E-state index contributed by atoms with van der Waals surface area (Å²) in [5.41, 5.74) is 6.53. The second-order valence-electron chi connectivity index (χ2n) is 4.98. The molecule has 0 atom stereocenters. The van der Waals surface area contributed by atoms with Crippen molar-refractivity contribution in [1.29, 1.82) is 0 Å². The lowest BCUT2D eigenvalue weighted by Gasteiger charge is -2.14. The van der Waals surface area contributed by atoms with E-state index in [4.69, 9.17) is 5.73 Å². The molecule has 0 saturated carbocycles. The zero-order chi connectivity index (χ0) is 13.3. The molecule has 0 amide bonds. The van der Waals surface area contributed by atoms with Gasteiger partial charge in [-0.1, -0.05) is 0 Å². The molecule has 18 heavy (non-hydrogen) atoms. The Bertz CT molecular complexity index is 513. The second kappa shape index (κ2) is 5.03. The summed E-state index contributed by atoms with van der Waals surface area (Å²) >= 11 is 0. The fraction of sp³-hybridized carbons (Fsp3) is 0.667. The Morgan fingerprint density at radius 3 is 2.39 bits per heavy atom. The number of hydrogen-bond donors (Lipinski definition) is 1. The monoisotopic (exact) mass is 271 g/mol. The first-order valence-corrected chi connectivity index (χ1v) is 7.82. The topological polar surface area (TPSA) is 68.3 Å². The molecule has 0 spiro atoms. The molecular formula is C12H21N3O2S. The van der Waals surface area contributed by atoms with Crippen molar-refractivity contribution in [2.24, 2.45) is 5.73 Å². The van der Waals surface area contributed by atoms with Gasteiger partial charge in [-0.15, -0.1) is 0 Å². The Balaban J connectivity index is 2.38. The Morgan fingerprint density at radius 1 is 1.33 bits per heavy atom. The summed E-state index contributed by atoms with van der Waals surface area (Å²) in [6, 6.07) is 1.92. The van der Waals surface area contributed by atoms with Crippen molar-refractivity contribution in [1.82, 2.24) is 8.87 Å². The first-order valence-electron chi connectivity index (χ1n) is 6.38. The van der Waals surface area contributed by atoms with Crippen molar-refractivity contribution < 1.29 is 8.42 Å². The summed E-state index contributed by atoms with van der Waals surface area (Å²) in [5.74, 6) is 0. The van der Waals surface area contributed by atoms with Crippen molar-refractivity contribution in [3.05, 3.63) is 18.0 Å². The lowest BCUT2D eigenvalue weighted by molar-refractivity contribution is 0.477. The van der Waals surface area contributed by atoms with Gasteiger partial charge in [0.15, 0.2) is 0 Å². The molecule has 102 valence electrons. The van der Waals surface area contributed by atoms with Crippen LogP contribution in [0.3, 0.4) is 0 Å². The third-order valence-corrected chi connectivity index (χ3v) is 5.24. The van der Waals surface area contributed by atoms with Crippen LogP contribution in [0.4, 0.5) is 0 Å². The van der Waals surface area contributed by atoms with Gasteiger partial charge >= 0.3 is 0 Å². The van der Waals surface area contributed by atoms with Crippen molar-refractivity contribution in [2.75, 3.05) is 13.1 Å². The van der Waals surface area contributed by atoms with Crippen molar-refractivity contribution in [3.8, 4) is 0 Å². The Morgan fingerprint density at radius 2 is 1.94 bits per heavy atom. The first kappa shape index (κ1) is 13.6.